The number of carboxylic acid groups (broad SMARTS) is 2. The predicted molar refractivity (Wildman–Crippen MR) is 120 cm³/mol. The van der Waals surface area contributed by atoms with Gasteiger partial charge >= 0.3 is 17.8 Å². The van der Waals surface area contributed by atoms with Crippen LogP contribution < -0.4 is 9.58 Å². The zero-order valence-corrected chi connectivity index (χ0v) is 18.0. The summed E-state index contributed by atoms with van der Waals surface area (Å²) in [5, 5.41) is 29.2. The lowest BCUT2D eigenvalue weighted by molar-refractivity contribution is -0.695. The molecule has 0 atom stereocenters. The van der Waals surface area contributed by atoms with Crippen LogP contribution >= 0.6 is 0 Å². The molecular weight excluding hydrogens is 414 g/mol. The average Bonchev–Trinajstić information content (AvgIpc) is 3.02. The summed E-state index contributed by atoms with van der Waals surface area (Å²) < 4.78 is 7.54. The molecule has 0 aliphatic rings. The van der Waals surface area contributed by atoms with Crippen LogP contribution in [0.5, 0.6) is 5.88 Å². The van der Waals surface area contributed by atoms with E-state index in [2.05, 4.69) is 4.90 Å². The Balaban J connectivity index is 0.000000390. The van der Waals surface area contributed by atoms with Crippen molar-refractivity contribution in [1.82, 2.24) is 9.58 Å². The maximum Gasteiger partial charge on any atom is 0.413 e. The quantitative estimate of drug-likeness (QED) is 0.226. The van der Waals surface area contributed by atoms with Crippen LogP contribution in [0.4, 0.5) is 0 Å². The van der Waals surface area contributed by atoms with E-state index < -0.39 is 11.9 Å². The highest BCUT2D eigenvalue weighted by Crippen LogP contribution is 2.24. The molecule has 0 spiro atoms. The number of rotatable bonds is 9. The second kappa shape index (κ2) is 12.1. The number of benzene rings is 2. The van der Waals surface area contributed by atoms with Crippen molar-refractivity contribution in [2.24, 2.45) is 0 Å². The van der Waals surface area contributed by atoms with E-state index in [0.717, 1.165) is 34.3 Å². The average molecular weight is 441 g/mol. The van der Waals surface area contributed by atoms with E-state index in [0.29, 0.717) is 31.2 Å². The molecule has 3 rings (SSSR count). The molecule has 1 aromatic heterocycles. The Labute approximate surface area is 185 Å². The largest absolute Gasteiger partial charge is 0.593 e. The lowest BCUT2D eigenvalue weighted by Crippen LogP contribution is -2.39. The van der Waals surface area contributed by atoms with E-state index in [1.165, 1.54) is 0 Å². The van der Waals surface area contributed by atoms with E-state index in [1.807, 2.05) is 68.7 Å². The summed E-state index contributed by atoms with van der Waals surface area (Å²) in [6, 6.07) is 17.7. The minimum Gasteiger partial charge on any atom is -0.593 e. The van der Waals surface area contributed by atoms with Crippen LogP contribution in [0.2, 0.25) is 0 Å². The molecule has 0 saturated carbocycles. The third-order valence-corrected chi connectivity index (χ3v) is 4.34. The highest BCUT2D eigenvalue weighted by molar-refractivity contribution is 5.89. The molecule has 0 unspecified atom stereocenters. The van der Waals surface area contributed by atoms with Crippen LogP contribution in [0, 0.1) is 5.21 Å². The summed E-state index contributed by atoms with van der Waals surface area (Å²) in [5.41, 5.74) is 1.97. The van der Waals surface area contributed by atoms with Gasteiger partial charge < -0.3 is 25.1 Å². The zero-order valence-electron chi connectivity index (χ0n) is 18.0. The molecule has 0 amide bonds. The second-order valence-electron chi connectivity index (χ2n) is 7.15. The van der Waals surface area contributed by atoms with Gasteiger partial charge in [-0.2, -0.15) is 0 Å². The molecule has 9 heteroatoms. The van der Waals surface area contributed by atoms with Gasteiger partial charge in [-0.25, -0.2) is 9.59 Å². The molecule has 2 N–H and O–H groups in total. The van der Waals surface area contributed by atoms with Gasteiger partial charge in [-0.3, -0.25) is 0 Å². The molecule has 0 fully saturated rings. The van der Waals surface area contributed by atoms with Crippen molar-refractivity contribution in [1.29, 1.82) is 0 Å². The van der Waals surface area contributed by atoms with Crippen LogP contribution in [0.25, 0.3) is 10.9 Å². The van der Waals surface area contributed by atoms with Crippen LogP contribution in [-0.2, 0) is 16.1 Å². The summed E-state index contributed by atoms with van der Waals surface area (Å²) in [6.45, 7) is 1.98. The molecule has 0 radical (unpaired) electrons. The lowest BCUT2D eigenvalue weighted by atomic mass is 10.2. The van der Waals surface area contributed by atoms with Crippen LogP contribution in [0.1, 0.15) is 12.0 Å². The fraction of sp³-hybridized carbons (Fsp3) is 0.261. The predicted octanol–water partition coefficient (Wildman–Crippen LogP) is 2.37. The number of aromatic nitrogens is 2. The molecule has 0 bridgehead atoms. The number of aliphatic carboxylic acids is 2. The zero-order chi connectivity index (χ0) is 23.5. The number of hydrogen-bond donors (Lipinski definition) is 2. The van der Waals surface area contributed by atoms with Crippen molar-refractivity contribution in [2.75, 3.05) is 27.2 Å². The maximum absolute atomic E-state index is 12.8. The summed E-state index contributed by atoms with van der Waals surface area (Å²) in [5.74, 6) is -2.12. The molecule has 170 valence electrons. The molecule has 0 saturated heterocycles. The van der Waals surface area contributed by atoms with Gasteiger partial charge in [-0.15, -0.1) is 4.68 Å². The molecule has 0 aliphatic carbocycles. The Hall–Kier alpha value is -3.85. The first-order valence-electron chi connectivity index (χ1n) is 9.96. The SMILES string of the molecule is CN(C)CCCOc1c2ccccc2n(Cc2ccccc2)[n+]1[O-].O=C(O)/C=C\C(=O)O. The standard InChI is InChI=1S/C19H23N3O2.C4H4O4/c1-20(2)13-8-14-24-19-17-11-6-7-12-18(17)21(22(19)23)15-16-9-4-3-5-10-16;5-3(6)1-2-4(7)8/h3-7,9-12H,8,13-15H2,1-2H3;1-2H,(H,5,6)(H,7,8)/b;2-1-. The van der Waals surface area contributed by atoms with Crippen molar-refractivity contribution in [3.05, 3.63) is 77.5 Å². The Kier molecular flexibility index (Phi) is 9.24. The van der Waals surface area contributed by atoms with Crippen LogP contribution in [-0.4, -0.2) is 59.0 Å². The Morgan fingerprint density at radius 1 is 1.03 bits per heavy atom. The molecule has 1 heterocycles. The fourth-order valence-corrected chi connectivity index (χ4v) is 2.92. The highest BCUT2D eigenvalue weighted by atomic mass is 16.6. The minimum atomic E-state index is -1.26. The van der Waals surface area contributed by atoms with Crippen molar-refractivity contribution in [3.8, 4) is 5.88 Å². The molecule has 3 aromatic rings. The van der Waals surface area contributed by atoms with E-state index in [4.69, 9.17) is 14.9 Å². The molecule has 0 aliphatic heterocycles. The highest BCUT2D eigenvalue weighted by Gasteiger charge is 2.22. The van der Waals surface area contributed by atoms with E-state index in [-0.39, 0.29) is 0 Å². The van der Waals surface area contributed by atoms with E-state index in [1.54, 1.807) is 4.68 Å². The minimum absolute atomic E-state index is 0.389. The van der Waals surface area contributed by atoms with E-state index in [9.17, 15) is 14.8 Å². The number of carbonyl (C=O) groups is 2. The molecule has 9 nitrogen and oxygen atoms in total. The second-order valence-corrected chi connectivity index (χ2v) is 7.15. The summed E-state index contributed by atoms with van der Waals surface area (Å²) in [6.07, 6.45) is 2.00. The molecule has 2 aromatic carbocycles. The van der Waals surface area contributed by atoms with Crippen LogP contribution in [0.3, 0.4) is 0 Å². The third kappa shape index (κ3) is 7.44. The first kappa shape index (κ1) is 24.4. The van der Waals surface area contributed by atoms with Gasteiger partial charge in [-0.1, -0.05) is 42.5 Å². The van der Waals surface area contributed by atoms with Gasteiger partial charge in [0, 0.05) is 18.7 Å². The topological polar surface area (TPSA) is 119 Å². The number of hydrogen-bond acceptors (Lipinski definition) is 5. The van der Waals surface area contributed by atoms with Crippen molar-refractivity contribution in [2.45, 2.75) is 13.0 Å². The summed E-state index contributed by atoms with van der Waals surface area (Å²) in [7, 11) is 4.05. The first-order chi connectivity index (χ1) is 15.3. The normalized spacial score (nSPS) is 10.8. The number of nitrogens with zero attached hydrogens (tertiary/aromatic N) is 3. The fourth-order valence-electron chi connectivity index (χ4n) is 2.92. The third-order valence-electron chi connectivity index (χ3n) is 4.34. The summed E-state index contributed by atoms with van der Waals surface area (Å²) >= 11 is 0. The van der Waals surface area contributed by atoms with E-state index >= 15 is 0 Å². The Bertz CT molecular complexity index is 1040. The van der Waals surface area contributed by atoms with Gasteiger partial charge in [0.15, 0.2) is 0 Å². The van der Waals surface area contributed by atoms with Gasteiger partial charge in [0.1, 0.15) is 17.4 Å². The number of carboxylic acids is 2. The van der Waals surface area contributed by atoms with Crippen molar-refractivity contribution in [3.63, 3.8) is 0 Å². The summed E-state index contributed by atoms with van der Waals surface area (Å²) in [4.78, 5) is 22.1. The van der Waals surface area contributed by atoms with Crippen molar-refractivity contribution < 1.29 is 29.4 Å². The number of para-hydroxylation sites is 1. The Morgan fingerprint density at radius 2 is 1.62 bits per heavy atom. The monoisotopic (exact) mass is 441 g/mol. The molecular formula is C23H27N3O6. The molecule has 32 heavy (non-hydrogen) atoms. The van der Waals surface area contributed by atoms with Gasteiger partial charge in [0.05, 0.1) is 6.61 Å². The van der Waals surface area contributed by atoms with Gasteiger partial charge in [0.2, 0.25) is 0 Å². The van der Waals surface area contributed by atoms with Crippen LogP contribution in [0.15, 0.2) is 66.7 Å². The number of fused-ring (bicyclic) bond motifs is 1. The van der Waals surface area contributed by atoms with Crippen molar-refractivity contribution >= 4 is 22.8 Å². The smallest absolute Gasteiger partial charge is 0.413 e. The Morgan fingerprint density at radius 3 is 2.22 bits per heavy atom. The lowest BCUT2D eigenvalue weighted by Gasteiger charge is -2.09. The van der Waals surface area contributed by atoms with Gasteiger partial charge in [0.25, 0.3) is 0 Å². The first-order valence-corrected chi connectivity index (χ1v) is 9.96. The van der Waals surface area contributed by atoms with Gasteiger partial charge in [-0.05, 0) is 43.1 Å². The number of ether oxygens (including phenoxy) is 1. The maximum atomic E-state index is 12.8.